The van der Waals surface area contributed by atoms with Crippen molar-refractivity contribution in [2.24, 2.45) is 0 Å². The minimum absolute atomic E-state index is 0.180. The van der Waals surface area contributed by atoms with Crippen LogP contribution >= 0.6 is 0 Å². The molecule has 1 aromatic carbocycles. The molecule has 2 N–H and O–H groups in total. The number of anilines is 1. The Bertz CT molecular complexity index is 547. The first-order valence-electron chi connectivity index (χ1n) is 7.03. The monoisotopic (exact) mass is 333 g/mol. The van der Waals surface area contributed by atoms with Crippen LogP contribution in [0, 0.1) is 6.92 Å². The first-order valence-corrected chi connectivity index (χ1v) is 7.03. The van der Waals surface area contributed by atoms with Gasteiger partial charge in [0.05, 0.1) is 6.54 Å². The van der Waals surface area contributed by atoms with Crippen LogP contribution in [0.2, 0.25) is 0 Å². The molecule has 0 aromatic heterocycles. The number of carbonyl (C=O) groups excluding carboxylic acids is 1. The predicted octanol–water partition coefficient (Wildman–Crippen LogP) is 2.13. The number of likely N-dealkylation sites (N-methyl/N-ethyl adjacent to an activating group) is 1. The van der Waals surface area contributed by atoms with Crippen molar-refractivity contribution in [2.45, 2.75) is 25.7 Å². The van der Waals surface area contributed by atoms with Gasteiger partial charge in [-0.15, -0.1) is 0 Å². The van der Waals surface area contributed by atoms with Crippen LogP contribution in [-0.4, -0.2) is 56.0 Å². The second-order valence-electron chi connectivity index (χ2n) is 5.62. The van der Waals surface area contributed by atoms with Crippen molar-refractivity contribution in [2.75, 3.05) is 32.6 Å². The molecule has 2 amide bonds. The van der Waals surface area contributed by atoms with Crippen LogP contribution in [-0.2, 0) is 6.54 Å². The quantitative estimate of drug-likeness (QED) is 0.868. The van der Waals surface area contributed by atoms with E-state index < -0.39 is 24.9 Å². The van der Waals surface area contributed by atoms with Gasteiger partial charge < -0.3 is 20.2 Å². The molecule has 1 rings (SSSR count). The van der Waals surface area contributed by atoms with E-state index in [1.165, 1.54) is 7.05 Å². The Morgan fingerprint density at radius 3 is 2.43 bits per heavy atom. The van der Waals surface area contributed by atoms with Gasteiger partial charge in [0.15, 0.2) is 6.10 Å². The molecule has 130 valence electrons. The van der Waals surface area contributed by atoms with E-state index >= 15 is 0 Å². The zero-order chi connectivity index (χ0) is 17.8. The molecule has 0 unspecified atom stereocenters. The first kappa shape index (κ1) is 19.1. The largest absolute Gasteiger partial charge is 0.416 e. The summed E-state index contributed by atoms with van der Waals surface area (Å²) < 4.78 is 36.9. The molecule has 0 aliphatic heterocycles. The lowest BCUT2D eigenvalue weighted by molar-refractivity contribution is -0.205. The molecule has 0 bridgehead atoms. The number of alkyl halides is 3. The smallest absolute Gasteiger partial charge is 0.382 e. The lowest BCUT2D eigenvalue weighted by Crippen LogP contribution is -2.45. The number of halogens is 3. The SMILES string of the molecule is Cc1ccc(CNC(=O)N(C)C[C@H](O)C(F)(F)F)c(N(C)C)c1. The average molecular weight is 333 g/mol. The van der Waals surface area contributed by atoms with Gasteiger partial charge in [-0.25, -0.2) is 4.79 Å². The minimum atomic E-state index is -4.75. The number of hydrogen-bond acceptors (Lipinski definition) is 3. The fraction of sp³-hybridized carbons (Fsp3) is 0.533. The van der Waals surface area contributed by atoms with Crippen LogP contribution in [0.3, 0.4) is 0 Å². The maximum Gasteiger partial charge on any atom is 0.416 e. The third-order valence-corrected chi connectivity index (χ3v) is 3.32. The highest BCUT2D eigenvalue weighted by molar-refractivity contribution is 5.74. The number of aryl methyl sites for hydroxylation is 1. The highest BCUT2D eigenvalue weighted by atomic mass is 19.4. The molecule has 0 aliphatic rings. The van der Waals surface area contributed by atoms with Gasteiger partial charge in [0, 0.05) is 33.4 Å². The number of rotatable bonds is 5. The van der Waals surface area contributed by atoms with E-state index in [0.717, 1.165) is 21.7 Å². The average Bonchev–Trinajstić information content (AvgIpc) is 2.44. The third-order valence-electron chi connectivity index (χ3n) is 3.32. The normalized spacial score (nSPS) is 12.7. The molecule has 8 heteroatoms. The lowest BCUT2D eigenvalue weighted by Gasteiger charge is -2.23. The molecule has 5 nitrogen and oxygen atoms in total. The zero-order valence-electron chi connectivity index (χ0n) is 13.6. The van der Waals surface area contributed by atoms with E-state index in [-0.39, 0.29) is 6.54 Å². The van der Waals surface area contributed by atoms with Crippen LogP contribution in [0.25, 0.3) is 0 Å². The number of benzene rings is 1. The lowest BCUT2D eigenvalue weighted by atomic mass is 10.1. The van der Waals surface area contributed by atoms with Crippen molar-refractivity contribution >= 4 is 11.7 Å². The molecule has 0 aliphatic carbocycles. The summed E-state index contributed by atoms with van der Waals surface area (Å²) in [5.74, 6) is 0. The number of nitrogens with one attached hydrogen (secondary N) is 1. The number of aliphatic hydroxyl groups excluding tert-OH is 1. The summed E-state index contributed by atoms with van der Waals surface area (Å²) in [6.45, 7) is 1.31. The zero-order valence-corrected chi connectivity index (χ0v) is 13.6. The molecule has 23 heavy (non-hydrogen) atoms. The highest BCUT2D eigenvalue weighted by Gasteiger charge is 2.39. The highest BCUT2D eigenvalue weighted by Crippen LogP contribution is 2.21. The number of amides is 2. The fourth-order valence-electron chi connectivity index (χ4n) is 1.99. The van der Waals surface area contributed by atoms with E-state index in [4.69, 9.17) is 5.11 Å². The van der Waals surface area contributed by atoms with Crippen molar-refractivity contribution < 1.29 is 23.1 Å². The summed E-state index contributed by atoms with van der Waals surface area (Å²) in [4.78, 5) is 14.6. The van der Waals surface area contributed by atoms with Gasteiger partial charge in [-0.1, -0.05) is 12.1 Å². The second-order valence-corrected chi connectivity index (χ2v) is 5.62. The van der Waals surface area contributed by atoms with Crippen LogP contribution in [0.1, 0.15) is 11.1 Å². The summed E-state index contributed by atoms with van der Waals surface area (Å²) in [6.07, 6.45) is -7.31. The Kier molecular flexibility index (Phi) is 6.26. The van der Waals surface area contributed by atoms with Crippen molar-refractivity contribution in [1.82, 2.24) is 10.2 Å². The minimum Gasteiger partial charge on any atom is -0.382 e. The molecule has 0 spiro atoms. The van der Waals surface area contributed by atoms with Gasteiger partial charge in [0.2, 0.25) is 0 Å². The van der Waals surface area contributed by atoms with Crippen LogP contribution < -0.4 is 10.2 Å². The fourth-order valence-corrected chi connectivity index (χ4v) is 1.99. The Balaban J connectivity index is 2.66. The van der Waals surface area contributed by atoms with Crippen molar-refractivity contribution in [3.8, 4) is 0 Å². The number of aliphatic hydroxyl groups is 1. The van der Waals surface area contributed by atoms with Gasteiger partial charge in [-0.05, 0) is 24.1 Å². The first-order chi connectivity index (χ1) is 10.5. The Morgan fingerprint density at radius 2 is 1.91 bits per heavy atom. The summed E-state index contributed by atoms with van der Waals surface area (Å²) in [7, 11) is 4.93. The molecule has 1 atom stereocenters. The van der Waals surface area contributed by atoms with Crippen LogP contribution in [0.15, 0.2) is 18.2 Å². The van der Waals surface area contributed by atoms with Gasteiger partial charge >= 0.3 is 12.2 Å². The maximum absolute atomic E-state index is 12.3. The van der Waals surface area contributed by atoms with Gasteiger partial charge in [0.25, 0.3) is 0 Å². The molecule has 0 heterocycles. The van der Waals surface area contributed by atoms with Gasteiger partial charge in [0.1, 0.15) is 0 Å². The number of carbonyl (C=O) groups is 1. The van der Waals surface area contributed by atoms with Crippen molar-refractivity contribution in [3.63, 3.8) is 0 Å². The van der Waals surface area contributed by atoms with Gasteiger partial charge in [-0.3, -0.25) is 0 Å². The molecular formula is C15H22F3N3O2. The maximum atomic E-state index is 12.3. The summed E-state index contributed by atoms with van der Waals surface area (Å²) >= 11 is 0. The molecule has 0 radical (unpaired) electrons. The van der Waals surface area contributed by atoms with E-state index in [9.17, 15) is 18.0 Å². The van der Waals surface area contributed by atoms with Crippen molar-refractivity contribution in [1.29, 1.82) is 0 Å². The van der Waals surface area contributed by atoms with Crippen LogP contribution in [0.5, 0.6) is 0 Å². The summed E-state index contributed by atoms with van der Waals surface area (Å²) in [6, 6.07) is 5.03. The van der Waals surface area contributed by atoms with Gasteiger partial charge in [-0.2, -0.15) is 13.2 Å². The second kappa shape index (κ2) is 7.54. The summed E-state index contributed by atoms with van der Waals surface area (Å²) in [5, 5.41) is 11.5. The molecule has 1 aromatic rings. The number of nitrogens with zero attached hydrogens (tertiary/aromatic N) is 2. The van der Waals surface area contributed by atoms with Crippen LogP contribution in [0.4, 0.5) is 23.7 Å². The molecule has 0 fully saturated rings. The third kappa shape index (κ3) is 5.63. The standard InChI is InChI=1S/C15H22F3N3O2/c1-10-5-6-11(12(7-10)20(2)3)8-19-14(23)21(4)9-13(22)15(16,17)18/h5-7,13,22H,8-9H2,1-4H3,(H,19,23)/t13-/m0/s1. The number of urea groups is 1. The molecule has 0 saturated heterocycles. The van der Waals surface area contributed by atoms with E-state index in [2.05, 4.69) is 5.32 Å². The Labute approximate surface area is 133 Å². The molecular weight excluding hydrogens is 311 g/mol. The number of hydrogen-bond donors (Lipinski definition) is 2. The Hall–Kier alpha value is -1.96. The molecule has 0 saturated carbocycles. The van der Waals surface area contributed by atoms with E-state index in [1.54, 1.807) is 0 Å². The van der Waals surface area contributed by atoms with E-state index in [0.29, 0.717) is 0 Å². The topological polar surface area (TPSA) is 55.8 Å². The Morgan fingerprint density at radius 1 is 1.30 bits per heavy atom. The predicted molar refractivity (Wildman–Crippen MR) is 82.4 cm³/mol. The van der Waals surface area contributed by atoms with Crippen molar-refractivity contribution in [3.05, 3.63) is 29.3 Å². The summed E-state index contributed by atoms with van der Waals surface area (Å²) in [5.41, 5.74) is 2.83. The van der Waals surface area contributed by atoms with E-state index in [1.807, 2.05) is 44.1 Å².